The smallest absolute Gasteiger partial charge is 0.324 e. The molecule has 0 unspecified atom stereocenters. The van der Waals surface area contributed by atoms with Gasteiger partial charge < -0.3 is 9.47 Å². The first kappa shape index (κ1) is 19.5. The van der Waals surface area contributed by atoms with Crippen LogP contribution in [-0.4, -0.2) is 25.2 Å². The number of rotatable bonds is 11. The van der Waals surface area contributed by atoms with E-state index in [4.69, 9.17) is 15.9 Å². The van der Waals surface area contributed by atoms with Crippen molar-refractivity contribution in [1.29, 1.82) is 0 Å². The van der Waals surface area contributed by atoms with Gasteiger partial charge in [-0.25, -0.2) is 0 Å². The van der Waals surface area contributed by atoms with Crippen molar-refractivity contribution in [2.45, 2.75) is 65.7 Å². The van der Waals surface area contributed by atoms with Crippen molar-refractivity contribution in [2.24, 2.45) is 5.41 Å². The normalized spacial score (nSPS) is 10.8. The molecular formula is C17H28O4. The minimum absolute atomic E-state index is 0.0262. The molecule has 21 heavy (non-hydrogen) atoms. The summed E-state index contributed by atoms with van der Waals surface area (Å²) in [6.07, 6.45) is 10.9. The number of carbonyl (C=O) groups is 2. The van der Waals surface area contributed by atoms with Crippen molar-refractivity contribution in [3.05, 3.63) is 0 Å². The van der Waals surface area contributed by atoms with Crippen LogP contribution in [0.25, 0.3) is 0 Å². The molecule has 0 spiro atoms. The largest absolute Gasteiger partial charge is 0.465 e. The van der Waals surface area contributed by atoms with E-state index in [1.165, 1.54) is 0 Å². The van der Waals surface area contributed by atoms with Crippen LogP contribution >= 0.6 is 0 Å². The van der Waals surface area contributed by atoms with E-state index in [9.17, 15) is 9.59 Å². The quantitative estimate of drug-likeness (QED) is 0.253. The fourth-order valence-electron chi connectivity index (χ4n) is 2.26. The molecular weight excluding hydrogens is 268 g/mol. The Morgan fingerprint density at radius 3 is 1.90 bits per heavy atom. The van der Waals surface area contributed by atoms with Crippen molar-refractivity contribution >= 4 is 11.9 Å². The van der Waals surface area contributed by atoms with Crippen molar-refractivity contribution in [3.8, 4) is 12.3 Å². The summed E-state index contributed by atoms with van der Waals surface area (Å²) < 4.78 is 10.1. The fourth-order valence-corrected chi connectivity index (χ4v) is 2.26. The molecule has 0 saturated heterocycles. The monoisotopic (exact) mass is 296 g/mol. The number of esters is 2. The van der Waals surface area contributed by atoms with Gasteiger partial charge in [0.15, 0.2) is 5.41 Å². The number of carbonyl (C=O) groups excluding carboxylic acids is 2. The Balaban J connectivity index is 4.96. The molecule has 0 saturated carbocycles. The Morgan fingerprint density at radius 1 is 0.952 bits per heavy atom. The first-order valence-electron chi connectivity index (χ1n) is 7.86. The highest BCUT2D eigenvalue weighted by Gasteiger charge is 2.47. The minimum atomic E-state index is -1.34. The van der Waals surface area contributed by atoms with E-state index in [1.54, 1.807) is 13.8 Å². The van der Waals surface area contributed by atoms with Gasteiger partial charge in [-0.15, -0.1) is 12.3 Å². The average molecular weight is 296 g/mol. The molecule has 0 N–H and O–H groups in total. The van der Waals surface area contributed by atoms with Crippen LogP contribution < -0.4 is 0 Å². The summed E-state index contributed by atoms with van der Waals surface area (Å²) in [5, 5.41) is 0. The summed E-state index contributed by atoms with van der Waals surface area (Å²) in [6, 6.07) is 0. The van der Waals surface area contributed by atoms with Crippen molar-refractivity contribution < 1.29 is 19.1 Å². The summed E-state index contributed by atoms with van der Waals surface area (Å²) in [6.45, 7) is 6.01. The van der Waals surface area contributed by atoms with Gasteiger partial charge in [0, 0.05) is 6.42 Å². The third kappa shape index (κ3) is 6.20. The summed E-state index contributed by atoms with van der Waals surface area (Å²) in [4.78, 5) is 24.5. The van der Waals surface area contributed by atoms with Gasteiger partial charge in [-0.05, 0) is 20.3 Å². The van der Waals surface area contributed by atoms with Gasteiger partial charge in [-0.1, -0.05) is 39.0 Å². The van der Waals surface area contributed by atoms with Crippen LogP contribution in [0.4, 0.5) is 0 Å². The van der Waals surface area contributed by atoms with Gasteiger partial charge in [0.25, 0.3) is 0 Å². The molecule has 0 fully saturated rings. The average Bonchev–Trinajstić information content (AvgIpc) is 2.46. The summed E-state index contributed by atoms with van der Waals surface area (Å²) >= 11 is 0. The molecule has 0 aromatic rings. The van der Waals surface area contributed by atoms with Crippen molar-refractivity contribution in [3.63, 3.8) is 0 Å². The maximum absolute atomic E-state index is 12.3. The van der Waals surface area contributed by atoms with Gasteiger partial charge in [-0.3, -0.25) is 9.59 Å². The van der Waals surface area contributed by atoms with Crippen LogP contribution in [0.3, 0.4) is 0 Å². The Hall–Kier alpha value is -1.50. The lowest BCUT2D eigenvalue weighted by Crippen LogP contribution is -2.42. The number of ether oxygens (including phenoxy) is 2. The second-order valence-electron chi connectivity index (χ2n) is 5.07. The number of hydrogen-bond donors (Lipinski definition) is 0. The Labute approximate surface area is 128 Å². The molecule has 0 amide bonds. The van der Waals surface area contributed by atoms with E-state index in [0.717, 1.165) is 32.1 Å². The van der Waals surface area contributed by atoms with E-state index in [-0.39, 0.29) is 19.6 Å². The van der Waals surface area contributed by atoms with Crippen molar-refractivity contribution in [2.75, 3.05) is 13.2 Å². The van der Waals surface area contributed by atoms with Gasteiger partial charge in [-0.2, -0.15) is 0 Å². The third-order valence-corrected chi connectivity index (χ3v) is 3.44. The van der Waals surface area contributed by atoms with Crippen LogP contribution in [0.5, 0.6) is 0 Å². The van der Waals surface area contributed by atoms with Crippen LogP contribution in [0.2, 0.25) is 0 Å². The number of terminal acetylenes is 1. The SMILES string of the molecule is C#CCC(CCCCCCC)(C(=O)OCC)C(=O)OCC. The maximum Gasteiger partial charge on any atom is 0.324 e. The Bertz CT molecular complexity index is 336. The van der Waals surface area contributed by atoms with Crippen LogP contribution in [0, 0.1) is 17.8 Å². The third-order valence-electron chi connectivity index (χ3n) is 3.44. The lowest BCUT2D eigenvalue weighted by atomic mass is 9.79. The topological polar surface area (TPSA) is 52.6 Å². The van der Waals surface area contributed by atoms with Crippen LogP contribution in [0.15, 0.2) is 0 Å². The molecule has 0 bridgehead atoms. The van der Waals surface area contributed by atoms with Gasteiger partial charge in [0.2, 0.25) is 0 Å². The minimum Gasteiger partial charge on any atom is -0.465 e. The number of hydrogen-bond acceptors (Lipinski definition) is 4. The second kappa shape index (κ2) is 11.2. The van der Waals surface area contributed by atoms with E-state index in [1.807, 2.05) is 0 Å². The van der Waals surface area contributed by atoms with Gasteiger partial charge in [0.05, 0.1) is 13.2 Å². The lowest BCUT2D eigenvalue weighted by Gasteiger charge is -2.27. The molecule has 0 aromatic heterocycles. The fraction of sp³-hybridized carbons (Fsp3) is 0.765. The Morgan fingerprint density at radius 2 is 1.48 bits per heavy atom. The molecule has 0 aliphatic heterocycles. The molecule has 0 aromatic carbocycles. The first-order chi connectivity index (χ1) is 10.1. The predicted molar refractivity (Wildman–Crippen MR) is 82.5 cm³/mol. The van der Waals surface area contributed by atoms with E-state index >= 15 is 0 Å². The highest BCUT2D eigenvalue weighted by atomic mass is 16.6. The predicted octanol–water partition coefficient (Wildman–Crippen LogP) is 3.48. The highest BCUT2D eigenvalue weighted by molar-refractivity contribution is 6.00. The summed E-state index contributed by atoms with van der Waals surface area (Å²) in [7, 11) is 0. The maximum atomic E-state index is 12.3. The van der Waals surface area contributed by atoms with Crippen molar-refractivity contribution in [1.82, 2.24) is 0 Å². The van der Waals surface area contributed by atoms with E-state index in [0.29, 0.717) is 6.42 Å². The molecule has 0 atom stereocenters. The molecule has 4 heteroatoms. The summed E-state index contributed by atoms with van der Waals surface area (Å²) in [5.74, 6) is 1.32. The molecule has 0 rings (SSSR count). The zero-order valence-electron chi connectivity index (χ0n) is 13.6. The number of unbranched alkanes of at least 4 members (excludes halogenated alkanes) is 4. The Kier molecular flexibility index (Phi) is 10.4. The van der Waals surface area contributed by atoms with Gasteiger partial charge in [0.1, 0.15) is 0 Å². The lowest BCUT2D eigenvalue weighted by molar-refractivity contribution is -0.172. The second-order valence-corrected chi connectivity index (χ2v) is 5.07. The van der Waals surface area contributed by atoms with E-state index in [2.05, 4.69) is 12.8 Å². The molecule has 0 aliphatic rings. The van der Waals surface area contributed by atoms with Crippen LogP contribution in [-0.2, 0) is 19.1 Å². The van der Waals surface area contributed by atoms with Crippen LogP contribution in [0.1, 0.15) is 65.7 Å². The highest BCUT2D eigenvalue weighted by Crippen LogP contribution is 2.33. The summed E-state index contributed by atoms with van der Waals surface area (Å²) in [5.41, 5.74) is -1.34. The standard InChI is InChI=1S/C17H28O4/c1-5-9-10-11-12-14-17(13-6-2,15(18)20-7-3)16(19)21-8-4/h2H,5,7-14H2,1,3-4H3. The zero-order chi connectivity index (χ0) is 16.1. The first-order valence-corrected chi connectivity index (χ1v) is 7.86. The molecule has 0 heterocycles. The molecule has 0 aliphatic carbocycles. The molecule has 0 radical (unpaired) electrons. The van der Waals surface area contributed by atoms with Gasteiger partial charge >= 0.3 is 11.9 Å². The zero-order valence-corrected chi connectivity index (χ0v) is 13.6. The van der Waals surface area contributed by atoms with E-state index < -0.39 is 17.4 Å². The molecule has 4 nitrogen and oxygen atoms in total. The molecule has 120 valence electrons.